The molecule has 0 bridgehead atoms. The minimum atomic E-state index is 0.376. The van der Waals surface area contributed by atoms with E-state index in [9.17, 15) is 0 Å². The van der Waals surface area contributed by atoms with Gasteiger partial charge in [0, 0.05) is 30.9 Å². The maximum absolute atomic E-state index is 8.66. The van der Waals surface area contributed by atoms with E-state index in [0.29, 0.717) is 16.4 Å². The van der Waals surface area contributed by atoms with Crippen LogP contribution in [0.4, 0.5) is 11.4 Å². The Balaban J connectivity index is 1.77. The first-order chi connectivity index (χ1) is 11.6. The zero-order valence-corrected chi connectivity index (χ0v) is 14.5. The minimum absolute atomic E-state index is 0.376. The van der Waals surface area contributed by atoms with E-state index in [2.05, 4.69) is 21.3 Å². The van der Waals surface area contributed by atoms with Crippen LogP contribution in [0.2, 0.25) is 5.02 Å². The van der Waals surface area contributed by atoms with E-state index in [-0.39, 0.29) is 0 Å². The number of aryl methyl sites for hydroxylation is 1. The molecule has 0 amide bonds. The van der Waals surface area contributed by atoms with Gasteiger partial charge < -0.3 is 10.2 Å². The minimum Gasteiger partial charge on any atom is -0.380 e. The summed E-state index contributed by atoms with van der Waals surface area (Å²) in [5.74, 6) is 0.830. The molecule has 5 heteroatoms. The standard InChI is InChI=1S/C19H21ClN4/c1-12-10-16-18(22-8-9-24(16)11-13-6-7-13)19(23-12)17(21)14-4-2-3-5-15(14)20/h2-5,10,13,21-22H,6-9,11H2,1H3. The van der Waals surface area contributed by atoms with E-state index in [1.54, 1.807) is 0 Å². The third kappa shape index (κ3) is 2.86. The Bertz CT molecular complexity index is 798. The number of nitrogens with zero attached hydrogens (tertiary/aromatic N) is 2. The number of aromatic nitrogens is 1. The van der Waals surface area contributed by atoms with Crippen molar-refractivity contribution in [2.24, 2.45) is 5.92 Å². The van der Waals surface area contributed by atoms with Gasteiger partial charge in [-0.2, -0.15) is 0 Å². The Morgan fingerprint density at radius 1 is 1.38 bits per heavy atom. The summed E-state index contributed by atoms with van der Waals surface area (Å²) in [4.78, 5) is 7.11. The molecule has 2 aliphatic rings. The predicted molar refractivity (Wildman–Crippen MR) is 99.8 cm³/mol. The van der Waals surface area contributed by atoms with Crippen LogP contribution < -0.4 is 10.2 Å². The average Bonchev–Trinajstić information content (AvgIpc) is 3.39. The monoisotopic (exact) mass is 340 g/mol. The molecule has 1 aromatic heterocycles. The molecule has 124 valence electrons. The maximum Gasteiger partial charge on any atom is 0.114 e. The molecule has 2 aromatic rings. The second-order valence-corrected chi connectivity index (χ2v) is 7.08. The number of hydrogen-bond acceptors (Lipinski definition) is 4. The topological polar surface area (TPSA) is 52.0 Å². The average molecular weight is 341 g/mol. The first kappa shape index (κ1) is 15.5. The third-order valence-corrected chi connectivity index (χ3v) is 5.04. The highest BCUT2D eigenvalue weighted by molar-refractivity contribution is 6.35. The van der Waals surface area contributed by atoms with Gasteiger partial charge in [0.2, 0.25) is 0 Å². The quantitative estimate of drug-likeness (QED) is 0.824. The number of hydrogen-bond donors (Lipinski definition) is 2. The Kier molecular flexibility index (Phi) is 3.93. The molecule has 2 heterocycles. The van der Waals surface area contributed by atoms with Gasteiger partial charge >= 0.3 is 0 Å². The van der Waals surface area contributed by atoms with Crippen LogP contribution in [0, 0.1) is 18.3 Å². The highest BCUT2D eigenvalue weighted by atomic mass is 35.5. The van der Waals surface area contributed by atoms with Gasteiger partial charge in [-0.05, 0) is 37.8 Å². The van der Waals surface area contributed by atoms with Crippen molar-refractivity contribution in [2.45, 2.75) is 19.8 Å². The van der Waals surface area contributed by atoms with E-state index in [1.807, 2.05) is 31.2 Å². The Labute approximate surface area is 147 Å². The molecule has 1 aromatic carbocycles. The molecular formula is C19H21ClN4. The summed E-state index contributed by atoms with van der Waals surface area (Å²) in [5.41, 5.74) is 4.87. The summed E-state index contributed by atoms with van der Waals surface area (Å²) in [6.07, 6.45) is 2.68. The van der Waals surface area contributed by atoms with Crippen molar-refractivity contribution in [1.82, 2.24) is 4.98 Å². The molecule has 1 aliphatic heterocycles. The fourth-order valence-electron chi connectivity index (χ4n) is 3.29. The number of halogens is 1. The SMILES string of the molecule is Cc1cc2c(c(C(=N)c3ccccc3Cl)n1)NCCN2CC1CC1. The molecule has 4 nitrogen and oxygen atoms in total. The first-order valence-electron chi connectivity index (χ1n) is 8.48. The molecule has 1 aliphatic carbocycles. The first-order valence-corrected chi connectivity index (χ1v) is 8.85. The van der Waals surface area contributed by atoms with Crippen molar-refractivity contribution in [2.75, 3.05) is 29.9 Å². The fraction of sp³-hybridized carbons (Fsp3) is 0.368. The van der Waals surface area contributed by atoms with E-state index < -0.39 is 0 Å². The normalized spacial score (nSPS) is 16.5. The van der Waals surface area contributed by atoms with Crippen LogP contribution in [0.5, 0.6) is 0 Å². The summed E-state index contributed by atoms with van der Waals surface area (Å²) in [6.45, 7) is 4.99. The molecular weight excluding hydrogens is 320 g/mol. The molecule has 0 radical (unpaired) electrons. The van der Waals surface area contributed by atoms with E-state index in [0.717, 1.165) is 42.5 Å². The molecule has 0 atom stereocenters. The van der Waals surface area contributed by atoms with Crippen LogP contribution in [-0.4, -0.2) is 30.3 Å². The fourth-order valence-corrected chi connectivity index (χ4v) is 3.52. The molecule has 0 unspecified atom stereocenters. The van der Waals surface area contributed by atoms with Gasteiger partial charge in [0.1, 0.15) is 5.69 Å². The lowest BCUT2D eigenvalue weighted by Gasteiger charge is -2.33. The molecule has 0 spiro atoms. The Morgan fingerprint density at radius 3 is 2.92 bits per heavy atom. The van der Waals surface area contributed by atoms with Crippen LogP contribution in [0.25, 0.3) is 0 Å². The van der Waals surface area contributed by atoms with Gasteiger partial charge in [0.25, 0.3) is 0 Å². The van der Waals surface area contributed by atoms with Crippen LogP contribution >= 0.6 is 11.6 Å². The molecule has 2 N–H and O–H groups in total. The Morgan fingerprint density at radius 2 is 2.17 bits per heavy atom. The number of anilines is 2. The van der Waals surface area contributed by atoms with Gasteiger partial charge in [-0.1, -0.05) is 29.8 Å². The van der Waals surface area contributed by atoms with Crippen molar-refractivity contribution >= 4 is 28.7 Å². The van der Waals surface area contributed by atoms with Crippen molar-refractivity contribution in [3.05, 3.63) is 52.3 Å². The summed E-state index contributed by atoms with van der Waals surface area (Å²) in [6, 6.07) is 9.62. The lowest BCUT2D eigenvalue weighted by atomic mass is 10.0. The predicted octanol–water partition coefficient (Wildman–Crippen LogP) is 4.10. The smallest absolute Gasteiger partial charge is 0.114 e. The summed E-state index contributed by atoms with van der Waals surface area (Å²) in [7, 11) is 0. The second-order valence-electron chi connectivity index (χ2n) is 6.68. The largest absolute Gasteiger partial charge is 0.380 e. The highest BCUT2D eigenvalue weighted by Gasteiger charge is 2.29. The zero-order chi connectivity index (χ0) is 16.7. The zero-order valence-electron chi connectivity index (χ0n) is 13.8. The lowest BCUT2D eigenvalue weighted by molar-refractivity contribution is 0.717. The van der Waals surface area contributed by atoms with E-state index >= 15 is 0 Å². The van der Waals surface area contributed by atoms with Crippen LogP contribution in [-0.2, 0) is 0 Å². The molecule has 24 heavy (non-hydrogen) atoms. The van der Waals surface area contributed by atoms with Gasteiger partial charge in [0.05, 0.1) is 22.1 Å². The van der Waals surface area contributed by atoms with Crippen molar-refractivity contribution in [3.63, 3.8) is 0 Å². The number of fused-ring (bicyclic) bond motifs is 1. The third-order valence-electron chi connectivity index (χ3n) is 4.71. The lowest BCUT2D eigenvalue weighted by Crippen LogP contribution is -2.36. The van der Waals surface area contributed by atoms with Crippen LogP contribution in [0.3, 0.4) is 0 Å². The maximum atomic E-state index is 8.66. The van der Waals surface area contributed by atoms with E-state index in [1.165, 1.54) is 18.5 Å². The molecule has 4 rings (SSSR count). The van der Waals surface area contributed by atoms with Crippen molar-refractivity contribution in [1.29, 1.82) is 5.41 Å². The van der Waals surface area contributed by atoms with Gasteiger partial charge in [-0.15, -0.1) is 0 Å². The Hall–Kier alpha value is -2.07. The number of benzene rings is 1. The van der Waals surface area contributed by atoms with Crippen molar-refractivity contribution < 1.29 is 0 Å². The molecule has 1 saturated carbocycles. The molecule has 0 saturated heterocycles. The van der Waals surface area contributed by atoms with Crippen LogP contribution in [0.1, 0.15) is 29.8 Å². The van der Waals surface area contributed by atoms with Crippen LogP contribution in [0.15, 0.2) is 30.3 Å². The van der Waals surface area contributed by atoms with Gasteiger partial charge in [-0.3, -0.25) is 5.41 Å². The second kappa shape index (κ2) is 6.10. The number of rotatable bonds is 4. The van der Waals surface area contributed by atoms with Gasteiger partial charge in [-0.25, -0.2) is 4.98 Å². The van der Waals surface area contributed by atoms with Gasteiger partial charge in [0.15, 0.2) is 0 Å². The van der Waals surface area contributed by atoms with Crippen molar-refractivity contribution in [3.8, 4) is 0 Å². The summed E-state index contributed by atoms with van der Waals surface area (Å²) < 4.78 is 0. The number of nitrogens with one attached hydrogen (secondary N) is 2. The molecule has 1 fully saturated rings. The van der Waals surface area contributed by atoms with E-state index in [4.69, 9.17) is 17.0 Å². The summed E-state index contributed by atoms with van der Waals surface area (Å²) >= 11 is 6.30. The summed E-state index contributed by atoms with van der Waals surface area (Å²) in [5, 5.41) is 12.7. The number of pyridine rings is 1. The highest BCUT2D eigenvalue weighted by Crippen LogP contribution is 2.37.